The van der Waals surface area contributed by atoms with Crippen LogP contribution in [0.2, 0.25) is 0 Å². The summed E-state index contributed by atoms with van der Waals surface area (Å²) in [7, 11) is 0. The third kappa shape index (κ3) is 12.9. The fourth-order valence-electron chi connectivity index (χ4n) is 15.7. The summed E-state index contributed by atoms with van der Waals surface area (Å²) < 4.78 is 9.23. The van der Waals surface area contributed by atoms with Gasteiger partial charge in [0, 0.05) is 111 Å². The van der Waals surface area contributed by atoms with Crippen molar-refractivity contribution in [3.8, 4) is 44.5 Å². The van der Waals surface area contributed by atoms with E-state index in [1.54, 1.807) is 0 Å². The van der Waals surface area contributed by atoms with Crippen LogP contribution >= 0.6 is 0 Å². The molecule has 4 fully saturated rings. The standard InChI is InChI=1S/C23H24N2O.2C22H22N2O.C21H21N3O/c1-14-6-5-7-19(16(14)3)21-13-25(17-8-9-18(26)11-17)23-10-15(2)22(24-4)12-20(21)23;2*1-13-6-5-7-18(15(13)3)20-12-24(16-9-17(25)10-16)22-8-14(2)21(23-4)11-19(20)22;1-12-5-21-17(8-20(12)22-4)19(11-24(21)15-6-16(25)7-15)18-10-23-9-13(2)14(18)3/h5-7,10,12-13,17-18,26H,8-9,11H2,1-3H3;2*5-8,11-12,16-17,25H,9-10H2,1-3H3;5,8-11,15-16,25H,6-7H2,1-3H3/t17-,18+;;;/m1.../s1. The third-order valence-corrected chi connectivity index (χ3v) is 22.7. The maximum atomic E-state index is 10.0. The summed E-state index contributed by atoms with van der Waals surface area (Å²) in [6.45, 7) is 54.9. The Labute approximate surface area is 593 Å². The molecule has 4 saturated carbocycles. The molecular formula is C88H89N9O4. The fraction of sp³-hybridized carbons (Fsp3) is 0.330. The van der Waals surface area contributed by atoms with Crippen molar-refractivity contribution in [1.82, 2.24) is 23.3 Å². The van der Waals surface area contributed by atoms with Gasteiger partial charge >= 0.3 is 0 Å². The lowest BCUT2D eigenvalue weighted by Gasteiger charge is -2.33. The van der Waals surface area contributed by atoms with E-state index in [2.05, 4.69) is 202 Å². The summed E-state index contributed by atoms with van der Waals surface area (Å²) in [5, 5.41) is 43.7. The van der Waals surface area contributed by atoms with Gasteiger partial charge in [-0.15, -0.1) is 0 Å². The van der Waals surface area contributed by atoms with Crippen LogP contribution in [0.1, 0.15) is 149 Å². The fourth-order valence-corrected chi connectivity index (χ4v) is 15.7. The first-order valence-electron chi connectivity index (χ1n) is 35.4. The Morgan fingerprint density at radius 3 is 0.861 bits per heavy atom. The van der Waals surface area contributed by atoms with Gasteiger partial charge in [-0.1, -0.05) is 54.6 Å². The Morgan fingerprint density at radius 2 is 0.584 bits per heavy atom. The molecule has 5 aromatic heterocycles. The van der Waals surface area contributed by atoms with E-state index in [9.17, 15) is 20.4 Å². The number of nitrogens with zero attached hydrogens (tertiary/aromatic N) is 9. The molecule has 0 saturated heterocycles. The Balaban J connectivity index is 0.000000120. The van der Waals surface area contributed by atoms with Gasteiger partial charge in [0.2, 0.25) is 0 Å². The maximum absolute atomic E-state index is 10.0. The van der Waals surface area contributed by atoms with E-state index in [-0.39, 0.29) is 24.4 Å². The molecule has 13 heteroatoms. The zero-order valence-corrected chi connectivity index (χ0v) is 60.1. The minimum Gasteiger partial charge on any atom is -0.393 e. The second-order valence-corrected chi connectivity index (χ2v) is 29.2. The van der Waals surface area contributed by atoms with Crippen LogP contribution in [0.3, 0.4) is 0 Å². The summed E-state index contributed by atoms with van der Waals surface area (Å²) in [6, 6.07) is 37.1. The van der Waals surface area contributed by atoms with E-state index in [1.165, 1.54) is 77.8 Å². The van der Waals surface area contributed by atoms with E-state index < -0.39 is 0 Å². The van der Waals surface area contributed by atoms with Crippen molar-refractivity contribution >= 4 is 66.4 Å². The maximum Gasteiger partial charge on any atom is 0.190 e. The molecule has 0 radical (unpaired) electrons. The zero-order chi connectivity index (χ0) is 71.6. The molecule has 0 unspecified atom stereocenters. The van der Waals surface area contributed by atoms with Crippen molar-refractivity contribution in [1.29, 1.82) is 0 Å². The molecule has 16 rings (SSSR count). The molecule has 4 aliphatic rings. The van der Waals surface area contributed by atoms with Crippen LogP contribution in [0.4, 0.5) is 22.7 Å². The molecule has 0 spiro atoms. The Kier molecular flexibility index (Phi) is 19.2. The van der Waals surface area contributed by atoms with Crippen LogP contribution < -0.4 is 0 Å². The number of aryl methyl sites for hydroxylation is 8. The third-order valence-electron chi connectivity index (χ3n) is 22.7. The predicted molar refractivity (Wildman–Crippen MR) is 411 cm³/mol. The van der Waals surface area contributed by atoms with Gasteiger partial charge in [0.25, 0.3) is 0 Å². The average Bonchev–Trinajstić information content (AvgIpc) is 1.64. The Hall–Kier alpha value is -10.4. The van der Waals surface area contributed by atoms with Gasteiger partial charge in [-0.25, -0.2) is 19.4 Å². The van der Waals surface area contributed by atoms with E-state index >= 15 is 0 Å². The SMILES string of the molecule is [C-]#[N+]c1cc2c(-c3cccc(C)c3C)cn(C3CC(O)C3)c2cc1C.[C-]#[N+]c1cc2c(-c3cccc(C)c3C)cn(C3CC(O)C3)c2cc1C.[C-]#[N+]c1cc2c(-c3cccc(C)c3C)cn([C@@H]3CC[C@H](O)C3)c2cc1C.[C-]#[N+]c1cc2c(-c3cncc(C)c3C)cn(C3CC(O)C3)c2cc1C. The second-order valence-electron chi connectivity index (χ2n) is 29.2. The largest absolute Gasteiger partial charge is 0.393 e. The summed E-state index contributed by atoms with van der Waals surface area (Å²) >= 11 is 0. The van der Waals surface area contributed by atoms with E-state index in [1.807, 2.05) is 64.4 Å². The molecule has 7 aromatic carbocycles. The van der Waals surface area contributed by atoms with Gasteiger partial charge in [0.05, 0.1) is 50.7 Å². The average molecular weight is 1340 g/mol. The predicted octanol–water partition coefficient (Wildman–Crippen LogP) is 21.7. The molecule has 12 aromatic rings. The lowest BCUT2D eigenvalue weighted by molar-refractivity contribution is 0.0500. The number of hydrogen-bond donors (Lipinski definition) is 4. The number of benzene rings is 7. The number of rotatable bonds is 8. The van der Waals surface area contributed by atoms with Gasteiger partial charge < -0.3 is 38.7 Å². The highest BCUT2D eigenvalue weighted by atomic mass is 16.3. The number of aromatic nitrogens is 5. The van der Waals surface area contributed by atoms with Crippen LogP contribution in [-0.4, -0.2) is 68.1 Å². The Bertz CT molecular complexity index is 5040. The first-order valence-corrected chi connectivity index (χ1v) is 35.4. The summed E-state index contributed by atoms with van der Waals surface area (Å²) in [6.07, 6.45) is 19.3. The Morgan fingerprint density at radius 1 is 0.307 bits per heavy atom. The van der Waals surface area contributed by atoms with Crippen LogP contribution in [0.15, 0.2) is 140 Å². The molecule has 0 bridgehead atoms. The zero-order valence-electron chi connectivity index (χ0n) is 60.1. The lowest BCUT2D eigenvalue weighted by Crippen LogP contribution is -2.30. The van der Waals surface area contributed by atoms with Gasteiger partial charge in [-0.3, -0.25) is 4.98 Å². The van der Waals surface area contributed by atoms with Crippen molar-refractivity contribution in [3.05, 3.63) is 253 Å². The molecule has 5 heterocycles. The van der Waals surface area contributed by atoms with Crippen molar-refractivity contribution in [2.24, 2.45) is 0 Å². The van der Waals surface area contributed by atoms with Crippen molar-refractivity contribution in [2.75, 3.05) is 0 Å². The number of hydrogen-bond acceptors (Lipinski definition) is 5. The molecule has 101 heavy (non-hydrogen) atoms. The summed E-state index contributed by atoms with van der Waals surface area (Å²) in [5.74, 6) is 0. The minimum absolute atomic E-state index is 0.185. The summed E-state index contributed by atoms with van der Waals surface area (Å²) in [5.41, 5.74) is 31.0. The van der Waals surface area contributed by atoms with Gasteiger partial charge in [0.1, 0.15) is 0 Å². The lowest BCUT2D eigenvalue weighted by atomic mass is 9.89. The molecule has 0 amide bonds. The van der Waals surface area contributed by atoms with Gasteiger partial charge in [-0.05, 0) is 294 Å². The number of aliphatic hydroxyl groups is 4. The first kappa shape index (κ1) is 69.1. The van der Waals surface area contributed by atoms with E-state index in [4.69, 9.17) is 26.3 Å². The molecule has 2 atom stereocenters. The highest BCUT2D eigenvalue weighted by Gasteiger charge is 2.34. The molecular weight excluding hydrogens is 1250 g/mol. The molecule has 0 aliphatic heterocycles. The van der Waals surface area contributed by atoms with E-state index in [0.717, 1.165) is 135 Å². The van der Waals surface area contributed by atoms with Crippen LogP contribution in [0.5, 0.6) is 0 Å². The van der Waals surface area contributed by atoms with Crippen molar-refractivity contribution in [2.45, 2.75) is 189 Å². The molecule has 4 N–H and O–H groups in total. The van der Waals surface area contributed by atoms with Crippen LogP contribution in [0, 0.1) is 109 Å². The highest BCUT2D eigenvalue weighted by Crippen LogP contribution is 2.48. The van der Waals surface area contributed by atoms with E-state index in [0.29, 0.717) is 46.9 Å². The van der Waals surface area contributed by atoms with Crippen molar-refractivity contribution in [3.63, 3.8) is 0 Å². The monoisotopic (exact) mass is 1340 g/mol. The molecule has 4 aliphatic carbocycles. The van der Waals surface area contributed by atoms with Crippen LogP contribution in [0.25, 0.3) is 107 Å². The van der Waals surface area contributed by atoms with Gasteiger partial charge in [0.15, 0.2) is 22.7 Å². The number of pyridine rings is 1. The smallest absolute Gasteiger partial charge is 0.190 e. The molecule has 510 valence electrons. The summed E-state index contributed by atoms with van der Waals surface area (Å²) in [4.78, 5) is 19.2. The van der Waals surface area contributed by atoms with Crippen molar-refractivity contribution < 1.29 is 20.4 Å². The normalized spacial score (nSPS) is 19.7. The quantitative estimate of drug-likeness (QED) is 0.113. The second kappa shape index (κ2) is 28.0. The highest BCUT2D eigenvalue weighted by molar-refractivity contribution is 6.03. The molecule has 13 nitrogen and oxygen atoms in total. The number of aliphatic hydroxyl groups excluding tert-OH is 4. The van der Waals surface area contributed by atoms with Crippen LogP contribution in [-0.2, 0) is 0 Å². The number of fused-ring (bicyclic) bond motifs is 4. The van der Waals surface area contributed by atoms with Gasteiger partial charge in [-0.2, -0.15) is 0 Å². The topological polar surface area (TPSA) is 131 Å². The first-order chi connectivity index (χ1) is 48.5. The minimum atomic E-state index is -0.204.